The van der Waals surface area contributed by atoms with Crippen LogP contribution in [0.1, 0.15) is 25.0 Å². The van der Waals surface area contributed by atoms with Gasteiger partial charge in [0.2, 0.25) is 5.91 Å². The average molecular weight is 469 g/mol. The fraction of sp³-hybridized carbons (Fsp3) is 0.250. The maximum Gasteiger partial charge on any atom is 0.355 e. The van der Waals surface area contributed by atoms with Gasteiger partial charge in [0, 0.05) is 7.11 Å². The maximum absolute atomic E-state index is 13.2. The van der Waals surface area contributed by atoms with Crippen molar-refractivity contribution in [3.8, 4) is 0 Å². The third-order valence-corrected chi connectivity index (χ3v) is 5.65. The van der Waals surface area contributed by atoms with Crippen LogP contribution < -0.4 is 5.32 Å². The number of nitrogens with one attached hydrogen (secondary N) is 1. The zero-order valence-electron chi connectivity index (χ0n) is 18.5. The third-order valence-electron chi connectivity index (χ3n) is 5.02. The van der Waals surface area contributed by atoms with Gasteiger partial charge in [0.15, 0.2) is 4.99 Å². The molecule has 1 atom stereocenters. The number of nitrogens with zero attached hydrogens (tertiary/aromatic N) is 1. The SMILES string of the molecule is COC1(NC(=O)Cc2ccccc2)C(=O)N(C(C(=O)OCc2ccccc2)=C(C)C)C1=S=O. The second-order valence-electron chi connectivity index (χ2n) is 7.54. The highest BCUT2D eigenvalue weighted by Gasteiger charge is 2.63. The predicted octanol–water partition coefficient (Wildman–Crippen LogP) is 1.91. The molecule has 1 fully saturated rings. The van der Waals surface area contributed by atoms with Gasteiger partial charge >= 0.3 is 5.97 Å². The van der Waals surface area contributed by atoms with E-state index in [2.05, 4.69) is 5.32 Å². The lowest BCUT2D eigenvalue weighted by atomic mass is 9.98. The minimum Gasteiger partial charge on any atom is -0.456 e. The molecule has 172 valence electrons. The molecule has 1 saturated heterocycles. The van der Waals surface area contributed by atoms with Crippen molar-refractivity contribution in [2.75, 3.05) is 7.11 Å². The lowest BCUT2D eigenvalue weighted by Crippen LogP contribution is -2.79. The Morgan fingerprint density at radius 1 is 1.00 bits per heavy atom. The molecule has 2 amide bonds. The van der Waals surface area contributed by atoms with Crippen molar-refractivity contribution in [2.24, 2.45) is 0 Å². The summed E-state index contributed by atoms with van der Waals surface area (Å²) in [6.07, 6.45) is -0.00927. The molecule has 8 nitrogen and oxygen atoms in total. The quantitative estimate of drug-likeness (QED) is 0.209. The Bertz CT molecular complexity index is 1140. The van der Waals surface area contributed by atoms with E-state index in [-0.39, 0.29) is 35.0 Å². The second kappa shape index (κ2) is 10.4. The van der Waals surface area contributed by atoms with Crippen molar-refractivity contribution in [1.82, 2.24) is 10.2 Å². The van der Waals surface area contributed by atoms with Crippen molar-refractivity contribution in [1.29, 1.82) is 0 Å². The van der Waals surface area contributed by atoms with Gasteiger partial charge in [0.05, 0.1) is 6.42 Å². The Hall–Kier alpha value is -3.56. The molecular formula is C24H24N2O6S. The van der Waals surface area contributed by atoms with E-state index in [1.165, 1.54) is 7.11 Å². The first-order valence-electron chi connectivity index (χ1n) is 10.1. The molecule has 9 heteroatoms. The van der Waals surface area contributed by atoms with E-state index in [0.717, 1.165) is 16.0 Å². The Kier molecular flexibility index (Phi) is 7.57. The van der Waals surface area contributed by atoms with Crippen LogP contribution in [-0.4, -0.2) is 44.7 Å². The number of ether oxygens (including phenoxy) is 2. The van der Waals surface area contributed by atoms with Crippen molar-refractivity contribution >= 4 is 34.0 Å². The average Bonchev–Trinajstić information content (AvgIpc) is 2.82. The summed E-state index contributed by atoms with van der Waals surface area (Å²) < 4.78 is 22.7. The number of esters is 1. The molecule has 0 aromatic heterocycles. The minimum absolute atomic E-state index is 0.00155. The molecule has 0 radical (unpaired) electrons. The molecule has 1 heterocycles. The minimum atomic E-state index is -1.96. The summed E-state index contributed by atoms with van der Waals surface area (Å²) in [6.45, 7) is 3.25. The van der Waals surface area contributed by atoms with Crippen LogP contribution in [0.3, 0.4) is 0 Å². The normalized spacial score (nSPS) is 17.1. The van der Waals surface area contributed by atoms with Crippen LogP contribution in [-0.2, 0) is 48.1 Å². The highest BCUT2D eigenvalue weighted by Crippen LogP contribution is 2.32. The van der Waals surface area contributed by atoms with Crippen molar-refractivity contribution in [3.05, 3.63) is 83.1 Å². The standard InChI is InChI=1S/C24H24N2O6S/c1-16(2)20(21(28)32-15-18-12-8-5-9-13-18)26-22(29)24(31-3,23(26)33-30)25-19(27)14-17-10-6-4-7-11-17/h4-13H,14-15H2,1-3H3,(H,25,27). The number of hydrogen-bond donors (Lipinski definition) is 1. The van der Waals surface area contributed by atoms with Gasteiger partial charge in [-0.2, -0.15) is 0 Å². The first-order chi connectivity index (χ1) is 15.8. The van der Waals surface area contributed by atoms with Gasteiger partial charge in [-0.1, -0.05) is 60.7 Å². The first-order valence-corrected chi connectivity index (χ1v) is 10.9. The lowest BCUT2D eigenvalue weighted by Gasteiger charge is -2.47. The largest absolute Gasteiger partial charge is 0.456 e. The van der Waals surface area contributed by atoms with E-state index in [4.69, 9.17) is 9.47 Å². The molecule has 1 unspecified atom stereocenters. The number of hydrogen-bond acceptors (Lipinski definition) is 6. The number of β-lactam (4-membered cyclic amide) rings is 1. The molecule has 3 rings (SSSR count). The summed E-state index contributed by atoms with van der Waals surface area (Å²) >= 11 is -0.0290. The zero-order valence-corrected chi connectivity index (χ0v) is 19.3. The topological polar surface area (TPSA) is 102 Å². The van der Waals surface area contributed by atoms with Gasteiger partial charge < -0.3 is 14.8 Å². The van der Waals surface area contributed by atoms with Crippen molar-refractivity contribution in [2.45, 2.75) is 32.6 Å². The van der Waals surface area contributed by atoms with E-state index >= 15 is 0 Å². The molecule has 0 spiro atoms. The fourth-order valence-corrected chi connectivity index (χ4v) is 4.00. The van der Waals surface area contributed by atoms with Crippen LogP contribution in [0.2, 0.25) is 0 Å². The summed E-state index contributed by atoms with van der Waals surface area (Å²) in [4.78, 5) is 39.4. The summed E-state index contributed by atoms with van der Waals surface area (Å²) in [5, 5.41) is 2.51. The molecule has 1 aliphatic rings. The summed E-state index contributed by atoms with van der Waals surface area (Å²) in [5.41, 5.74) is -0.0717. The smallest absolute Gasteiger partial charge is 0.355 e. The van der Waals surface area contributed by atoms with E-state index in [1.807, 2.05) is 24.3 Å². The molecule has 0 aliphatic carbocycles. The highest BCUT2D eigenvalue weighted by molar-refractivity contribution is 7.67. The first kappa shape index (κ1) is 24.1. The van der Waals surface area contributed by atoms with E-state index in [1.54, 1.807) is 50.2 Å². The number of allylic oxidation sites excluding steroid dienone is 1. The molecule has 2 aromatic carbocycles. The molecule has 2 aromatic rings. The molecule has 0 bridgehead atoms. The number of carbonyl (C=O) groups excluding carboxylic acids is 3. The van der Waals surface area contributed by atoms with E-state index < -0.39 is 23.5 Å². The second-order valence-corrected chi connectivity index (χ2v) is 8.09. The third kappa shape index (κ3) is 4.94. The van der Waals surface area contributed by atoms with Gasteiger partial charge in [-0.3, -0.25) is 14.5 Å². The summed E-state index contributed by atoms with van der Waals surface area (Å²) in [6, 6.07) is 18.0. The van der Waals surface area contributed by atoms with E-state index in [9.17, 15) is 18.6 Å². The number of methoxy groups -OCH3 is 1. The molecule has 1 N–H and O–H groups in total. The van der Waals surface area contributed by atoms with Crippen LogP contribution in [0.4, 0.5) is 0 Å². The van der Waals surface area contributed by atoms with Crippen molar-refractivity contribution in [3.63, 3.8) is 0 Å². The zero-order chi connectivity index (χ0) is 24.0. The summed E-state index contributed by atoms with van der Waals surface area (Å²) in [7, 11) is 1.21. The van der Waals surface area contributed by atoms with Crippen LogP contribution in [0.15, 0.2) is 71.9 Å². The lowest BCUT2D eigenvalue weighted by molar-refractivity contribution is -0.161. The van der Waals surface area contributed by atoms with Crippen LogP contribution in [0.25, 0.3) is 0 Å². The fourth-order valence-electron chi connectivity index (χ4n) is 3.41. The summed E-state index contributed by atoms with van der Waals surface area (Å²) in [5.74, 6) is -2.02. The van der Waals surface area contributed by atoms with Gasteiger partial charge in [-0.25, -0.2) is 9.00 Å². The maximum atomic E-state index is 13.2. The molecule has 0 saturated carbocycles. The Balaban J connectivity index is 1.79. The van der Waals surface area contributed by atoms with Crippen LogP contribution >= 0.6 is 0 Å². The number of carbonyl (C=O) groups is 3. The number of rotatable bonds is 8. The Morgan fingerprint density at radius 3 is 2.09 bits per heavy atom. The van der Waals surface area contributed by atoms with E-state index in [0.29, 0.717) is 5.57 Å². The van der Waals surface area contributed by atoms with Gasteiger partial charge in [0.1, 0.15) is 23.6 Å². The molecule has 1 aliphatic heterocycles. The van der Waals surface area contributed by atoms with Crippen LogP contribution in [0, 0.1) is 0 Å². The van der Waals surface area contributed by atoms with Crippen LogP contribution in [0.5, 0.6) is 0 Å². The molecular weight excluding hydrogens is 444 g/mol. The molecule has 33 heavy (non-hydrogen) atoms. The van der Waals surface area contributed by atoms with Gasteiger partial charge in [0.25, 0.3) is 11.6 Å². The predicted molar refractivity (Wildman–Crippen MR) is 123 cm³/mol. The Morgan fingerprint density at radius 2 is 1.58 bits per heavy atom. The number of benzene rings is 2. The Labute approximate surface area is 195 Å². The highest BCUT2D eigenvalue weighted by atomic mass is 32.1. The monoisotopic (exact) mass is 468 g/mol. The number of likely N-dealkylation sites (tertiary alicyclic amines) is 1. The number of amides is 2. The van der Waals surface area contributed by atoms with Gasteiger partial charge in [-0.15, -0.1) is 0 Å². The van der Waals surface area contributed by atoms with Crippen molar-refractivity contribution < 1.29 is 28.1 Å². The van der Waals surface area contributed by atoms with Gasteiger partial charge in [-0.05, 0) is 30.5 Å².